The van der Waals surface area contributed by atoms with E-state index in [1.165, 1.54) is 18.2 Å². The summed E-state index contributed by atoms with van der Waals surface area (Å²) in [5.41, 5.74) is 1.98. The van der Waals surface area contributed by atoms with Gasteiger partial charge in [-0.05, 0) is 48.7 Å². The van der Waals surface area contributed by atoms with E-state index in [2.05, 4.69) is 5.32 Å². The number of carbonyl (C=O) groups excluding carboxylic acids is 1. The lowest BCUT2D eigenvalue weighted by atomic mass is 9.88. The minimum Gasteiger partial charge on any atom is -0.490 e. The third-order valence-electron chi connectivity index (χ3n) is 5.35. The van der Waals surface area contributed by atoms with Crippen LogP contribution in [0.5, 0.6) is 11.5 Å². The highest BCUT2D eigenvalue weighted by Gasteiger charge is 2.35. The van der Waals surface area contributed by atoms with Gasteiger partial charge in [0.1, 0.15) is 10.7 Å². The summed E-state index contributed by atoms with van der Waals surface area (Å²) in [6, 6.07) is 11.3. The Kier molecular flexibility index (Phi) is 6.65. The van der Waals surface area contributed by atoms with Crippen LogP contribution >= 0.6 is 11.3 Å². The van der Waals surface area contributed by atoms with E-state index < -0.39 is 11.8 Å². The number of hydrogen-bond donors (Lipinski definition) is 2. The molecule has 4 rings (SSSR count). The van der Waals surface area contributed by atoms with Crippen LogP contribution in [-0.2, 0) is 4.79 Å². The first-order valence-corrected chi connectivity index (χ1v) is 11.6. The first-order valence-electron chi connectivity index (χ1n) is 10.8. The van der Waals surface area contributed by atoms with Crippen LogP contribution < -0.4 is 14.8 Å². The van der Waals surface area contributed by atoms with Gasteiger partial charge in [-0.3, -0.25) is 4.79 Å². The summed E-state index contributed by atoms with van der Waals surface area (Å²) in [6.45, 7) is 4.91. The second-order valence-corrected chi connectivity index (χ2v) is 8.71. The van der Waals surface area contributed by atoms with Gasteiger partial charge in [-0.15, -0.1) is 11.3 Å². The van der Waals surface area contributed by atoms with Gasteiger partial charge in [0.2, 0.25) is 5.91 Å². The molecule has 0 aliphatic carbocycles. The van der Waals surface area contributed by atoms with Gasteiger partial charge in [0.25, 0.3) is 0 Å². The number of benzene rings is 2. The maximum Gasteiger partial charge on any atom is 0.346 e. The van der Waals surface area contributed by atoms with Gasteiger partial charge in [-0.1, -0.05) is 25.1 Å². The second kappa shape index (κ2) is 9.62. The third-order valence-corrected chi connectivity index (χ3v) is 6.64. The Labute approximate surface area is 195 Å². The number of thiophene rings is 1. The molecule has 6 nitrogen and oxygen atoms in total. The van der Waals surface area contributed by atoms with Crippen molar-refractivity contribution in [1.82, 2.24) is 0 Å². The number of ether oxygens (including phenoxy) is 2. The van der Waals surface area contributed by atoms with Crippen molar-refractivity contribution >= 4 is 28.9 Å². The van der Waals surface area contributed by atoms with Crippen molar-refractivity contribution in [3.05, 3.63) is 63.6 Å². The van der Waals surface area contributed by atoms with Crippen LogP contribution in [0.2, 0.25) is 0 Å². The highest BCUT2D eigenvalue weighted by molar-refractivity contribution is 7.15. The molecular weight excluding hydrogens is 445 g/mol. The summed E-state index contributed by atoms with van der Waals surface area (Å²) in [6.07, 6.45) is 1.02. The first-order chi connectivity index (χ1) is 15.9. The zero-order valence-corrected chi connectivity index (χ0v) is 19.1. The van der Waals surface area contributed by atoms with Crippen LogP contribution in [0.4, 0.5) is 10.1 Å². The van der Waals surface area contributed by atoms with Crippen molar-refractivity contribution in [3.8, 4) is 22.6 Å². The van der Waals surface area contributed by atoms with Crippen LogP contribution in [0, 0.1) is 5.82 Å². The van der Waals surface area contributed by atoms with Crippen molar-refractivity contribution in [2.75, 3.05) is 18.5 Å². The number of anilines is 1. The van der Waals surface area contributed by atoms with Gasteiger partial charge in [0.05, 0.1) is 18.9 Å². The summed E-state index contributed by atoms with van der Waals surface area (Å²) < 4.78 is 25.5. The molecule has 1 aliphatic heterocycles. The molecule has 33 heavy (non-hydrogen) atoms. The first kappa shape index (κ1) is 22.8. The van der Waals surface area contributed by atoms with Crippen molar-refractivity contribution in [1.29, 1.82) is 0 Å². The Morgan fingerprint density at radius 2 is 2.00 bits per heavy atom. The molecule has 8 heteroatoms. The lowest BCUT2D eigenvalue weighted by Crippen LogP contribution is -2.22. The fourth-order valence-corrected chi connectivity index (χ4v) is 5.21. The molecule has 1 amide bonds. The number of carboxylic acid groups (broad SMARTS) is 1. The number of amides is 1. The zero-order chi connectivity index (χ0) is 23.5. The predicted octanol–water partition coefficient (Wildman–Crippen LogP) is 5.91. The molecule has 1 aromatic heterocycles. The van der Waals surface area contributed by atoms with Gasteiger partial charge in [0, 0.05) is 22.8 Å². The van der Waals surface area contributed by atoms with Crippen molar-refractivity contribution in [2.24, 2.45) is 0 Å². The second-order valence-electron chi connectivity index (χ2n) is 7.65. The quantitative estimate of drug-likeness (QED) is 0.428. The number of carboxylic acids is 1. The number of nitrogens with one attached hydrogen (secondary N) is 1. The molecule has 0 radical (unpaired) electrons. The van der Waals surface area contributed by atoms with Crippen molar-refractivity contribution < 1.29 is 28.6 Å². The van der Waals surface area contributed by atoms with Gasteiger partial charge < -0.3 is 19.9 Å². The van der Waals surface area contributed by atoms with E-state index in [1.807, 2.05) is 32.0 Å². The number of aromatic carboxylic acids is 1. The third kappa shape index (κ3) is 4.57. The Balaban J connectivity index is 1.84. The highest BCUT2D eigenvalue weighted by atomic mass is 32.1. The minimum absolute atomic E-state index is 0.0609. The number of fused-ring (bicyclic) bond motifs is 1. The smallest absolute Gasteiger partial charge is 0.346 e. The van der Waals surface area contributed by atoms with Crippen molar-refractivity contribution in [3.63, 3.8) is 0 Å². The molecule has 0 fully saturated rings. The maximum atomic E-state index is 13.9. The van der Waals surface area contributed by atoms with E-state index in [4.69, 9.17) is 9.47 Å². The molecule has 0 saturated carbocycles. The monoisotopic (exact) mass is 469 g/mol. The average Bonchev–Trinajstić information content (AvgIpc) is 3.17. The minimum atomic E-state index is -1.13. The topological polar surface area (TPSA) is 84.9 Å². The van der Waals surface area contributed by atoms with Crippen molar-refractivity contribution in [2.45, 2.75) is 32.6 Å². The zero-order valence-electron chi connectivity index (χ0n) is 18.3. The predicted molar refractivity (Wildman–Crippen MR) is 125 cm³/mol. The van der Waals surface area contributed by atoms with E-state index >= 15 is 0 Å². The van der Waals surface area contributed by atoms with E-state index in [-0.39, 0.29) is 23.1 Å². The van der Waals surface area contributed by atoms with Crippen LogP contribution in [0.15, 0.2) is 42.5 Å². The fourth-order valence-electron chi connectivity index (χ4n) is 3.97. The number of hydrogen-bond acceptors (Lipinski definition) is 5. The molecule has 1 atom stereocenters. The summed E-state index contributed by atoms with van der Waals surface area (Å²) in [7, 11) is 0. The molecule has 1 unspecified atom stereocenters. The molecule has 2 aromatic carbocycles. The Bertz CT molecular complexity index is 1210. The molecule has 172 valence electrons. The maximum absolute atomic E-state index is 13.9. The lowest BCUT2D eigenvalue weighted by molar-refractivity contribution is -0.116. The number of carbonyl (C=O) groups is 2. The van der Waals surface area contributed by atoms with E-state index in [0.29, 0.717) is 41.5 Å². The van der Waals surface area contributed by atoms with Gasteiger partial charge >= 0.3 is 5.97 Å². The molecule has 0 spiro atoms. The molecule has 0 saturated heterocycles. The summed E-state index contributed by atoms with van der Waals surface area (Å²) in [5.74, 6) is -0.994. The molecule has 2 N–H and O–H groups in total. The number of halogens is 1. The molecule has 3 aromatic rings. The largest absolute Gasteiger partial charge is 0.490 e. The Morgan fingerprint density at radius 1 is 1.18 bits per heavy atom. The van der Waals surface area contributed by atoms with E-state index in [0.717, 1.165) is 28.2 Å². The standard InChI is InChI=1S/C25H24FNO5S/c1-3-10-32-18-9-8-14(12-19(18)31-4-2)17-13-20(28)27-22-21(15-6-5-7-16(26)11-15)24(25(29)30)33-23(17)22/h5-9,11-12,17H,3-4,10,13H2,1-2H3,(H,27,28)(H,29,30). The van der Waals surface area contributed by atoms with Gasteiger partial charge in [0.15, 0.2) is 11.5 Å². The Morgan fingerprint density at radius 3 is 2.70 bits per heavy atom. The SMILES string of the molecule is CCCOc1ccc(C2CC(=O)Nc3c2sc(C(=O)O)c3-c2cccc(F)c2)cc1OCC. The van der Waals surface area contributed by atoms with Crippen LogP contribution in [-0.4, -0.2) is 30.2 Å². The molecule has 1 aliphatic rings. The lowest BCUT2D eigenvalue weighted by Gasteiger charge is -2.24. The van der Waals surface area contributed by atoms with E-state index in [1.54, 1.807) is 6.07 Å². The van der Waals surface area contributed by atoms with Crippen LogP contribution in [0.25, 0.3) is 11.1 Å². The molecular formula is C25H24FNO5S. The van der Waals surface area contributed by atoms with Gasteiger partial charge in [-0.2, -0.15) is 0 Å². The van der Waals surface area contributed by atoms with Gasteiger partial charge in [-0.25, -0.2) is 9.18 Å². The number of rotatable bonds is 8. The summed E-state index contributed by atoms with van der Waals surface area (Å²) >= 11 is 1.10. The molecule has 0 bridgehead atoms. The highest BCUT2D eigenvalue weighted by Crippen LogP contribution is 2.50. The van der Waals surface area contributed by atoms with E-state index in [9.17, 15) is 19.1 Å². The fraction of sp³-hybridized carbons (Fsp3) is 0.280. The molecule has 2 heterocycles. The normalized spacial score (nSPS) is 15.0. The van der Waals surface area contributed by atoms with Crippen LogP contribution in [0.3, 0.4) is 0 Å². The summed E-state index contributed by atoms with van der Waals surface area (Å²) in [4.78, 5) is 25.5. The van der Waals surface area contributed by atoms with Crippen LogP contribution in [0.1, 0.15) is 52.7 Å². The Hall–Kier alpha value is -3.39. The average molecular weight is 470 g/mol. The summed E-state index contributed by atoms with van der Waals surface area (Å²) in [5, 5.41) is 12.7.